The summed E-state index contributed by atoms with van der Waals surface area (Å²) in [5, 5.41) is 3.40. The van der Waals surface area contributed by atoms with Crippen molar-refractivity contribution in [2.24, 2.45) is 0 Å². The second-order valence-corrected chi connectivity index (χ2v) is 4.40. The normalized spacial score (nSPS) is 21.8. The average molecular weight is 205 g/mol. The number of nitrogens with zero attached hydrogens (tertiary/aromatic N) is 2. The van der Waals surface area contributed by atoms with Crippen molar-refractivity contribution < 1.29 is 0 Å². The van der Waals surface area contributed by atoms with Gasteiger partial charge in [0.1, 0.15) is 5.82 Å². The molecule has 0 amide bonds. The third-order valence-corrected chi connectivity index (χ3v) is 2.96. The molecular formula is C12H19N3. The largest absolute Gasteiger partial charge is 0.351 e. The lowest BCUT2D eigenvalue weighted by Crippen LogP contribution is -2.50. The van der Waals surface area contributed by atoms with E-state index in [0.29, 0.717) is 6.04 Å². The number of hydrogen-bond acceptors (Lipinski definition) is 3. The molecule has 2 rings (SSSR count). The zero-order chi connectivity index (χ0) is 10.8. The summed E-state index contributed by atoms with van der Waals surface area (Å²) in [5.41, 5.74) is 2.52. The second kappa shape index (κ2) is 4.19. The molecule has 0 aromatic carbocycles. The molecular weight excluding hydrogens is 186 g/mol. The molecule has 15 heavy (non-hydrogen) atoms. The molecule has 0 aliphatic carbocycles. The van der Waals surface area contributed by atoms with Crippen LogP contribution in [0.3, 0.4) is 0 Å². The van der Waals surface area contributed by atoms with Crippen LogP contribution in [0.4, 0.5) is 5.82 Å². The minimum Gasteiger partial charge on any atom is -0.351 e. The van der Waals surface area contributed by atoms with Gasteiger partial charge in [0, 0.05) is 31.9 Å². The van der Waals surface area contributed by atoms with Gasteiger partial charge in [0.15, 0.2) is 0 Å². The van der Waals surface area contributed by atoms with Gasteiger partial charge < -0.3 is 10.2 Å². The lowest BCUT2D eigenvalue weighted by atomic mass is 10.1. The van der Waals surface area contributed by atoms with Crippen molar-refractivity contribution in [1.82, 2.24) is 10.3 Å². The van der Waals surface area contributed by atoms with Crippen molar-refractivity contribution in [1.29, 1.82) is 0 Å². The average Bonchev–Trinajstić information content (AvgIpc) is 2.20. The van der Waals surface area contributed by atoms with Gasteiger partial charge in [-0.1, -0.05) is 6.07 Å². The van der Waals surface area contributed by atoms with Gasteiger partial charge in [-0.25, -0.2) is 4.98 Å². The van der Waals surface area contributed by atoms with Gasteiger partial charge in [-0.2, -0.15) is 0 Å². The van der Waals surface area contributed by atoms with Crippen LogP contribution in [0.15, 0.2) is 12.3 Å². The van der Waals surface area contributed by atoms with Gasteiger partial charge in [-0.05, 0) is 31.9 Å². The Labute approximate surface area is 91.5 Å². The minimum absolute atomic E-state index is 0.535. The molecule has 0 unspecified atom stereocenters. The Balaban J connectivity index is 2.27. The van der Waals surface area contributed by atoms with E-state index >= 15 is 0 Å². The van der Waals surface area contributed by atoms with E-state index in [1.807, 2.05) is 6.20 Å². The van der Waals surface area contributed by atoms with E-state index in [0.717, 1.165) is 25.5 Å². The highest BCUT2D eigenvalue weighted by Crippen LogP contribution is 2.20. The molecule has 1 saturated heterocycles. The molecule has 1 aliphatic rings. The summed E-state index contributed by atoms with van der Waals surface area (Å²) in [7, 11) is 0. The lowest BCUT2D eigenvalue weighted by Gasteiger charge is -2.35. The van der Waals surface area contributed by atoms with Gasteiger partial charge in [-0.15, -0.1) is 0 Å². The van der Waals surface area contributed by atoms with Crippen molar-refractivity contribution >= 4 is 5.82 Å². The molecule has 0 spiro atoms. The number of rotatable bonds is 1. The maximum Gasteiger partial charge on any atom is 0.131 e. The highest BCUT2D eigenvalue weighted by molar-refractivity contribution is 5.48. The van der Waals surface area contributed by atoms with Gasteiger partial charge in [-0.3, -0.25) is 0 Å². The fourth-order valence-corrected chi connectivity index (χ4v) is 2.16. The van der Waals surface area contributed by atoms with Crippen LogP contribution in [0.2, 0.25) is 0 Å². The highest BCUT2D eigenvalue weighted by Gasteiger charge is 2.20. The highest BCUT2D eigenvalue weighted by atomic mass is 15.3. The summed E-state index contributed by atoms with van der Waals surface area (Å²) in [6.45, 7) is 9.63. The second-order valence-electron chi connectivity index (χ2n) is 4.40. The summed E-state index contributed by atoms with van der Waals surface area (Å²) in [6.07, 6.45) is 1.96. The van der Waals surface area contributed by atoms with E-state index < -0.39 is 0 Å². The Hall–Kier alpha value is -1.09. The maximum atomic E-state index is 4.55. The molecule has 2 heterocycles. The van der Waals surface area contributed by atoms with Crippen LogP contribution in [-0.4, -0.2) is 30.7 Å². The van der Waals surface area contributed by atoms with Gasteiger partial charge in [0.25, 0.3) is 0 Å². The monoisotopic (exact) mass is 205 g/mol. The van der Waals surface area contributed by atoms with E-state index in [1.165, 1.54) is 11.1 Å². The van der Waals surface area contributed by atoms with E-state index in [1.54, 1.807) is 0 Å². The number of hydrogen-bond donors (Lipinski definition) is 1. The Morgan fingerprint density at radius 2 is 2.27 bits per heavy atom. The third kappa shape index (κ3) is 2.12. The molecule has 3 heteroatoms. The molecule has 1 atom stereocenters. The molecule has 0 saturated carbocycles. The SMILES string of the molecule is Cc1cnc(N2CCNC[C@@H]2C)c(C)c1. The predicted molar refractivity (Wildman–Crippen MR) is 63.4 cm³/mol. The van der Waals surface area contributed by atoms with Crippen LogP contribution < -0.4 is 10.2 Å². The third-order valence-electron chi connectivity index (χ3n) is 2.96. The first-order valence-corrected chi connectivity index (χ1v) is 5.59. The fourth-order valence-electron chi connectivity index (χ4n) is 2.16. The van der Waals surface area contributed by atoms with Crippen molar-refractivity contribution in [2.75, 3.05) is 24.5 Å². The maximum absolute atomic E-state index is 4.55. The smallest absolute Gasteiger partial charge is 0.131 e. The number of piperazine rings is 1. The van der Waals surface area contributed by atoms with Crippen molar-refractivity contribution in [3.63, 3.8) is 0 Å². The Morgan fingerprint density at radius 1 is 1.47 bits per heavy atom. The number of pyridine rings is 1. The van der Waals surface area contributed by atoms with Crippen LogP contribution >= 0.6 is 0 Å². The molecule has 3 nitrogen and oxygen atoms in total. The van der Waals surface area contributed by atoms with E-state index in [2.05, 4.69) is 42.0 Å². The quantitative estimate of drug-likeness (QED) is 0.753. The Bertz CT molecular complexity index is 349. The number of nitrogens with one attached hydrogen (secondary N) is 1. The molecule has 1 N–H and O–H groups in total. The molecule has 0 radical (unpaired) electrons. The predicted octanol–water partition coefficient (Wildman–Crippen LogP) is 1.50. The Kier molecular flexibility index (Phi) is 2.91. The van der Waals surface area contributed by atoms with Gasteiger partial charge in [0.2, 0.25) is 0 Å². The summed E-state index contributed by atoms with van der Waals surface area (Å²) >= 11 is 0. The molecule has 0 bridgehead atoms. The van der Waals surface area contributed by atoms with Crippen molar-refractivity contribution in [2.45, 2.75) is 26.8 Å². The van der Waals surface area contributed by atoms with Crippen LogP contribution in [-0.2, 0) is 0 Å². The number of aryl methyl sites for hydroxylation is 2. The molecule has 1 fully saturated rings. The number of aromatic nitrogens is 1. The zero-order valence-corrected chi connectivity index (χ0v) is 9.75. The minimum atomic E-state index is 0.535. The molecule has 1 aliphatic heterocycles. The van der Waals surface area contributed by atoms with E-state index in [-0.39, 0.29) is 0 Å². The van der Waals surface area contributed by atoms with E-state index in [9.17, 15) is 0 Å². The first-order chi connectivity index (χ1) is 7.18. The number of anilines is 1. The van der Waals surface area contributed by atoms with E-state index in [4.69, 9.17) is 0 Å². The summed E-state index contributed by atoms with van der Waals surface area (Å²) in [6, 6.07) is 2.74. The van der Waals surface area contributed by atoms with Gasteiger partial charge in [0.05, 0.1) is 0 Å². The fraction of sp³-hybridized carbons (Fsp3) is 0.583. The summed E-state index contributed by atoms with van der Waals surface area (Å²) in [5.74, 6) is 1.15. The molecule has 1 aromatic heterocycles. The Morgan fingerprint density at radius 3 is 2.93 bits per heavy atom. The first kappa shape index (κ1) is 10.4. The van der Waals surface area contributed by atoms with Crippen molar-refractivity contribution in [3.8, 4) is 0 Å². The van der Waals surface area contributed by atoms with Crippen LogP contribution in [0, 0.1) is 13.8 Å². The lowest BCUT2D eigenvalue weighted by molar-refractivity contribution is 0.496. The summed E-state index contributed by atoms with van der Waals surface area (Å²) < 4.78 is 0. The van der Waals surface area contributed by atoms with Crippen LogP contribution in [0.1, 0.15) is 18.1 Å². The van der Waals surface area contributed by atoms with Gasteiger partial charge >= 0.3 is 0 Å². The van der Waals surface area contributed by atoms with Crippen molar-refractivity contribution in [3.05, 3.63) is 23.4 Å². The first-order valence-electron chi connectivity index (χ1n) is 5.59. The zero-order valence-electron chi connectivity index (χ0n) is 9.75. The molecule has 1 aromatic rings. The van der Waals surface area contributed by atoms with Crippen LogP contribution in [0.25, 0.3) is 0 Å². The van der Waals surface area contributed by atoms with Crippen LogP contribution in [0.5, 0.6) is 0 Å². The summed E-state index contributed by atoms with van der Waals surface area (Å²) in [4.78, 5) is 6.94. The molecule has 82 valence electrons. The standard InChI is InChI=1S/C12H19N3/c1-9-6-10(2)12(14-7-9)15-5-4-13-8-11(15)3/h6-7,11,13H,4-5,8H2,1-3H3/t11-/m0/s1. The topological polar surface area (TPSA) is 28.2 Å².